The lowest BCUT2D eigenvalue weighted by Gasteiger charge is -2.38. The van der Waals surface area contributed by atoms with Gasteiger partial charge in [-0.3, -0.25) is 14.4 Å². The van der Waals surface area contributed by atoms with Crippen molar-refractivity contribution in [2.24, 2.45) is 22.7 Å². The number of carbonyl (C=O) groups is 4. The number of nitrogens with one attached hydrogen (secondary N) is 3. The number of sulfonamides is 1. The first-order valence-electron chi connectivity index (χ1n) is 13.9. The van der Waals surface area contributed by atoms with Crippen LogP contribution in [0.1, 0.15) is 68.2 Å². The average molecular weight is 591 g/mol. The number of nitrogens with zero attached hydrogens (tertiary/aromatic N) is 1. The molecule has 4 amide bonds. The molecule has 4 rings (SSSR count). The van der Waals surface area contributed by atoms with Gasteiger partial charge in [0.05, 0.1) is 4.90 Å². The van der Waals surface area contributed by atoms with Gasteiger partial charge in [-0.2, -0.15) is 0 Å². The smallest absolute Gasteiger partial charge is 0.408 e. The fourth-order valence-corrected chi connectivity index (χ4v) is 6.85. The minimum atomic E-state index is -4.12. The number of piperidine rings is 1. The molecule has 2 saturated carbocycles. The molecule has 2 unspecified atom stereocenters. The average Bonchev–Trinajstić information content (AvgIpc) is 3.65. The molecule has 3 aliphatic rings. The van der Waals surface area contributed by atoms with Crippen molar-refractivity contribution in [3.63, 3.8) is 0 Å². The number of alkyl carbamates (subject to hydrolysis) is 1. The Bertz CT molecular complexity index is 1340. The zero-order valence-electron chi connectivity index (χ0n) is 25.0. The molecule has 1 heterocycles. The molecule has 3 N–H and O–H groups in total. The van der Waals surface area contributed by atoms with Crippen LogP contribution in [-0.2, 0) is 29.1 Å². The maximum atomic E-state index is 14.0. The van der Waals surface area contributed by atoms with Gasteiger partial charge in [0.15, 0.2) is 0 Å². The summed E-state index contributed by atoms with van der Waals surface area (Å²) in [4.78, 5) is 55.0. The van der Waals surface area contributed by atoms with Crippen LogP contribution in [0.5, 0.6) is 0 Å². The van der Waals surface area contributed by atoms with Crippen molar-refractivity contribution in [1.29, 1.82) is 0 Å². The molecule has 11 nitrogen and oxygen atoms in total. The lowest BCUT2D eigenvalue weighted by atomic mass is 9.85. The van der Waals surface area contributed by atoms with Crippen molar-refractivity contribution in [1.82, 2.24) is 20.3 Å². The van der Waals surface area contributed by atoms with Crippen LogP contribution in [0, 0.1) is 22.7 Å². The zero-order valence-corrected chi connectivity index (χ0v) is 25.8. The fraction of sp³-hybridized carbons (Fsp3) is 0.655. The third kappa shape index (κ3) is 6.22. The number of carbonyl (C=O) groups excluding carboxylic acids is 4. The molecule has 0 aromatic heterocycles. The normalized spacial score (nSPS) is 24.9. The van der Waals surface area contributed by atoms with Crippen LogP contribution in [0.3, 0.4) is 0 Å². The molecule has 12 heteroatoms. The number of ether oxygens (including phenoxy) is 1. The first-order valence-corrected chi connectivity index (χ1v) is 15.4. The minimum Gasteiger partial charge on any atom is -0.444 e. The van der Waals surface area contributed by atoms with E-state index in [2.05, 4.69) is 15.4 Å². The first kappa shape index (κ1) is 30.8. The fourth-order valence-electron chi connectivity index (χ4n) is 5.78. The number of hydrogen-bond donors (Lipinski definition) is 3. The van der Waals surface area contributed by atoms with E-state index in [1.165, 1.54) is 17.0 Å². The van der Waals surface area contributed by atoms with Gasteiger partial charge in [-0.05, 0) is 68.4 Å². The predicted octanol–water partition coefficient (Wildman–Crippen LogP) is 2.56. The van der Waals surface area contributed by atoms with E-state index in [9.17, 15) is 27.6 Å². The van der Waals surface area contributed by atoms with Crippen LogP contribution in [0.2, 0.25) is 0 Å². The molecule has 4 atom stereocenters. The van der Waals surface area contributed by atoms with Gasteiger partial charge in [0.1, 0.15) is 23.2 Å². The molecular formula is C29H42N4O7S. The standard InChI is InChI=1S/C29H42N4O7S/c1-26(2,3)21(30-25(37)40-27(4,5)6)23(35)33-16-18-19(28(18,7)8)20(33)22(34)31-29(14-15-29)24(36)32-41(38,39)17-12-10-9-11-13-17/h9-13,18-21H,14-16H2,1-8H3,(H,30,37)(H,31,34)(H,32,36)/t18?,19-,20-,21?/m0/s1. The summed E-state index contributed by atoms with van der Waals surface area (Å²) in [5, 5.41) is 5.50. The van der Waals surface area contributed by atoms with Crippen LogP contribution in [0.25, 0.3) is 0 Å². The third-order valence-corrected chi connectivity index (χ3v) is 9.71. The zero-order chi connectivity index (χ0) is 30.8. The number of likely N-dealkylation sites (tertiary alicyclic amines) is 1. The summed E-state index contributed by atoms with van der Waals surface area (Å²) in [6, 6.07) is 5.68. The van der Waals surface area contributed by atoms with E-state index >= 15 is 0 Å². The second-order valence-corrected chi connectivity index (χ2v) is 15.8. The van der Waals surface area contributed by atoms with Crippen molar-refractivity contribution >= 4 is 33.8 Å². The second-order valence-electron chi connectivity index (χ2n) is 14.2. The Morgan fingerprint density at radius 1 is 1.00 bits per heavy atom. The molecular weight excluding hydrogens is 548 g/mol. The summed E-state index contributed by atoms with van der Waals surface area (Å²) in [6.45, 7) is 15.0. The molecule has 3 fully saturated rings. The first-order chi connectivity index (χ1) is 18.7. The third-order valence-electron chi connectivity index (χ3n) is 8.36. The van der Waals surface area contributed by atoms with E-state index in [1.54, 1.807) is 39.0 Å². The van der Waals surface area contributed by atoms with Crippen LogP contribution in [0.4, 0.5) is 4.79 Å². The van der Waals surface area contributed by atoms with Gasteiger partial charge in [0.25, 0.3) is 15.9 Å². The van der Waals surface area contributed by atoms with E-state index in [4.69, 9.17) is 4.74 Å². The molecule has 1 aliphatic heterocycles. The lowest BCUT2D eigenvalue weighted by molar-refractivity contribution is -0.144. The highest BCUT2D eigenvalue weighted by atomic mass is 32.2. The molecule has 226 valence electrons. The number of hydrogen-bond acceptors (Lipinski definition) is 7. The molecule has 1 saturated heterocycles. The summed E-state index contributed by atoms with van der Waals surface area (Å²) in [7, 11) is -4.12. The Balaban J connectivity index is 1.53. The SMILES string of the molecule is CC(C)(C)OC(=O)NC(C(=O)N1CC2[C@@H]([C@H]1C(=O)NC1(C(=O)NS(=O)(=O)c3ccccc3)CC1)C2(C)C)C(C)(C)C. The van der Waals surface area contributed by atoms with Crippen molar-refractivity contribution in [2.75, 3.05) is 6.54 Å². The summed E-state index contributed by atoms with van der Waals surface area (Å²) in [6.07, 6.45) is -0.180. The molecule has 2 aliphatic carbocycles. The van der Waals surface area contributed by atoms with Crippen LogP contribution >= 0.6 is 0 Å². The van der Waals surface area contributed by atoms with Gasteiger partial charge in [-0.1, -0.05) is 52.8 Å². The van der Waals surface area contributed by atoms with Gasteiger partial charge < -0.3 is 20.3 Å². The predicted molar refractivity (Wildman–Crippen MR) is 151 cm³/mol. The molecule has 1 aromatic carbocycles. The van der Waals surface area contributed by atoms with Crippen LogP contribution in [0.15, 0.2) is 35.2 Å². The van der Waals surface area contributed by atoms with Crippen LogP contribution < -0.4 is 15.4 Å². The summed E-state index contributed by atoms with van der Waals surface area (Å²) in [5.74, 6) is -1.79. The van der Waals surface area contributed by atoms with E-state index in [0.717, 1.165) is 0 Å². The highest BCUT2D eigenvalue weighted by Gasteiger charge is 2.70. The highest BCUT2D eigenvalue weighted by Crippen LogP contribution is 2.65. The van der Waals surface area contributed by atoms with Gasteiger partial charge in [-0.25, -0.2) is 17.9 Å². The number of benzene rings is 1. The lowest BCUT2D eigenvalue weighted by Crippen LogP contribution is -2.61. The summed E-state index contributed by atoms with van der Waals surface area (Å²) < 4.78 is 33.0. The van der Waals surface area contributed by atoms with Crippen molar-refractivity contribution in [2.45, 2.75) is 96.4 Å². The maximum absolute atomic E-state index is 14.0. The molecule has 1 aromatic rings. The van der Waals surface area contributed by atoms with Crippen molar-refractivity contribution in [3.05, 3.63) is 30.3 Å². The van der Waals surface area contributed by atoms with E-state index in [1.807, 2.05) is 34.6 Å². The quantitative estimate of drug-likeness (QED) is 0.442. The van der Waals surface area contributed by atoms with Gasteiger partial charge in [0, 0.05) is 6.54 Å². The largest absolute Gasteiger partial charge is 0.444 e. The Kier molecular flexibility index (Phi) is 7.51. The Hall–Kier alpha value is -3.15. The Morgan fingerprint density at radius 3 is 2.10 bits per heavy atom. The number of amides is 4. The summed E-state index contributed by atoms with van der Waals surface area (Å²) in [5.41, 5.74) is -3.02. The molecule has 0 spiro atoms. The van der Waals surface area contributed by atoms with E-state index < -0.39 is 62.5 Å². The molecule has 0 radical (unpaired) electrons. The van der Waals surface area contributed by atoms with E-state index in [0.29, 0.717) is 6.54 Å². The van der Waals surface area contributed by atoms with Gasteiger partial charge in [0.2, 0.25) is 11.8 Å². The van der Waals surface area contributed by atoms with Crippen molar-refractivity contribution < 1.29 is 32.3 Å². The Labute approximate surface area is 242 Å². The Morgan fingerprint density at radius 2 is 1.59 bits per heavy atom. The molecule has 41 heavy (non-hydrogen) atoms. The number of fused-ring (bicyclic) bond motifs is 1. The highest BCUT2D eigenvalue weighted by molar-refractivity contribution is 7.90. The maximum Gasteiger partial charge on any atom is 0.408 e. The van der Waals surface area contributed by atoms with E-state index in [-0.39, 0.29) is 35.0 Å². The van der Waals surface area contributed by atoms with Crippen LogP contribution in [-0.4, -0.2) is 66.9 Å². The second kappa shape index (κ2) is 9.99. The molecule has 0 bridgehead atoms. The van der Waals surface area contributed by atoms with Gasteiger partial charge in [-0.15, -0.1) is 0 Å². The minimum absolute atomic E-state index is 0.0590. The summed E-state index contributed by atoms with van der Waals surface area (Å²) >= 11 is 0. The topological polar surface area (TPSA) is 151 Å². The monoisotopic (exact) mass is 590 g/mol. The van der Waals surface area contributed by atoms with Gasteiger partial charge >= 0.3 is 6.09 Å². The number of rotatable bonds is 7. The van der Waals surface area contributed by atoms with Crippen molar-refractivity contribution in [3.8, 4) is 0 Å².